The third-order valence-electron chi connectivity index (χ3n) is 3.93. The highest BCUT2D eigenvalue weighted by molar-refractivity contribution is 5.96. The van der Waals surface area contributed by atoms with Crippen molar-refractivity contribution in [3.05, 3.63) is 17.7 Å². The van der Waals surface area contributed by atoms with Crippen LogP contribution in [0, 0.1) is 0 Å². The molecule has 2 atom stereocenters. The molecule has 1 fully saturated rings. The number of methoxy groups -OCH3 is 2. The lowest BCUT2D eigenvalue weighted by Gasteiger charge is -2.29. The van der Waals surface area contributed by atoms with Crippen LogP contribution >= 0.6 is 0 Å². The van der Waals surface area contributed by atoms with Crippen LogP contribution in [0.3, 0.4) is 0 Å². The molecule has 0 radical (unpaired) electrons. The van der Waals surface area contributed by atoms with Gasteiger partial charge in [0.05, 0.1) is 14.2 Å². The normalized spacial score (nSPS) is 21.9. The average Bonchev–Trinajstić information content (AvgIpc) is 2.76. The van der Waals surface area contributed by atoms with Gasteiger partial charge in [0.15, 0.2) is 0 Å². The third kappa shape index (κ3) is 2.40. The maximum Gasteiger partial charge on any atom is 0.345 e. The molecular formula is C15H21NO4. The number of esters is 1. The summed E-state index contributed by atoms with van der Waals surface area (Å²) in [4.78, 5) is 13.9. The number of ether oxygens (including phenoxy) is 2. The maximum atomic E-state index is 11.7. The lowest BCUT2D eigenvalue weighted by molar-refractivity contribution is 0.0593. The number of anilines is 1. The van der Waals surface area contributed by atoms with Crippen LogP contribution in [0.4, 0.5) is 5.69 Å². The summed E-state index contributed by atoms with van der Waals surface area (Å²) in [6.45, 7) is 4.31. The Morgan fingerprint density at radius 2 is 1.85 bits per heavy atom. The molecule has 2 rings (SSSR count). The van der Waals surface area contributed by atoms with E-state index in [2.05, 4.69) is 23.5 Å². The summed E-state index contributed by atoms with van der Waals surface area (Å²) in [6, 6.07) is 4.19. The standard InChI is InChI=1S/C15H21NO4/c1-9-5-6-10(2)16(9)11-7-12(17)14(15(18)20-4)13(8-11)19-3/h7-10,17H,5-6H2,1-4H3. The van der Waals surface area contributed by atoms with Crippen molar-refractivity contribution in [1.82, 2.24) is 0 Å². The Labute approximate surface area is 119 Å². The first-order valence-corrected chi connectivity index (χ1v) is 6.77. The summed E-state index contributed by atoms with van der Waals surface area (Å²) in [7, 11) is 2.75. The highest BCUT2D eigenvalue weighted by Gasteiger charge is 2.29. The Balaban J connectivity index is 2.47. The van der Waals surface area contributed by atoms with Gasteiger partial charge in [-0.2, -0.15) is 0 Å². The van der Waals surface area contributed by atoms with E-state index in [0.717, 1.165) is 18.5 Å². The van der Waals surface area contributed by atoms with Gasteiger partial charge in [0.1, 0.15) is 17.1 Å². The molecule has 5 heteroatoms. The van der Waals surface area contributed by atoms with Gasteiger partial charge >= 0.3 is 5.97 Å². The summed E-state index contributed by atoms with van der Waals surface area (Å²) in [6.07, 6.45) is 2.23. The van der Waals surface area contributed by atoms with E-state index < -0.39 is 5.97 Å². The Bertz CT molecular complexity index is 505. The van der Waals surface area contributed by atoms with Gasteiger partial charge in [0, 0.05) is 29.9 Å². The zero-order chi connectivity index (χ0) is 14.9. The van der Waals surface area contributed by atoms with E-state index in [0.29, 0.717) is 17.8 Å². The van der Waals surface area contributed by atoms with Crippen molar-refractivity contribution in [3.8, 4) is 11.5 Å². The number of nitrogens with zero attached hydrogens (tertiary/aromatic N) is 1. The molecule has 1 heterocycles. The third-order valence-corrected chi connectivity index (χ3v) is 3.93. The number of aromatic hydroxyl groups is 1. The van der Waals surface area contributed by atoms with Crippen LogP contribution in [0.5, 0.6) is 11.5 Å². The number of hydrogen-bond donors (Lipinski definition) is 1. The Hall–Kier alpha value is -1.91. The second-order valence-electron chi connectivity index (χ2n) is 5.22. The van der Waals surface area contributed by atoms with Gasteiger partial charge in [-0.05, 0) is 26.7 Å². The molecule has 110 valence electrons. The van der Waals surface area contributed by atoms with Crippen molar-refractivity contribution >= 4 is 11.7 Å². The van der Waals surface area contributed by atoms with E-state index in [1.165, 1.54) is 14.2 Å². The van der Waals surface area contributed by atoms with Gasteiger partial charge in [0.25, 0.3) is 0 Å². The van der Waals surface area contributed by atoms with Crippen molar-refractivity contribution < 1.29 is 19.4 Å². The second-order valence-corrected chi connectivity index (χ2v) is 5.22. The van der Waals surface area contributed by atoms with E-state index in [9.17, 15) is 9.90 Å². The van der Waals surface area contributed by atoms with Crippen LogP contribution in [-0.2, 0) is 4.74 Å². The molecule has 1 aromatic carbocycles. The van der Waals surface area contributed by atoms with Gasteiger partial charge in [-0.1, -0.05) is 0 Å². The first-order chi connectivity index (χ1) is 9.49. The van der Waals surface area contributed by atoms with Crippen LogP contribution in [0.2, 0.25) is 0 Å². The van der Waals surface area contributed by atoms with Crippen molar-refractivity contribution in [2.75, 3.05) is 19.1 Å². The fourth-order valence-corrected chi connectivity index (χ4v) is 2.91. The monoisotopic (exact) mass is 279 g/mol. The number of phenols is 1. The van der Waals surface area contributed by atoms with Crippen LogP contribution in [0.1, 0.15) is 37.0 Å². The smallest absolute Gasteiger partial charge is 0.345 e. The molecule has 0 spiro atoms. The summed E-state index contributed by atoms with van der Waals surface area (Å²) in [5.74, 6) is -0.385. The van der Waals surface area contributed by atoms with Gasteiger partial charge in [-0.25, -0.2) is 4.79 Å². The minimum absolute atomic E-state index is 0.0678. The number of phenolic OH excluding ortho intramolecular Hbond substituents is 1. The maximum absolute atomic E-state index is 11.7. The van der Waals surface area contributed by atoms with E-state index in [4.69, 9.17) is 4.74 Å². The molecule has 0 amide bonds. The second kappa shape index (κ2) is 5.61. The first kappa shape index (κ1) is 14.5. The summed E-state index contributed by atoms with van der Waals surface area (Å²) in [5.41, 5.74) is 0.933. The average molecular weight is 279 g/mol. The number of benzene rings is 1. The minimum atomic E-state index is -0.603. The molecule has 20 heavy (non-hydrogen) atoms. The summed E-state index contributed by atoms with van der Waals surface area (Å²) >= 11 is 0. The van der Waals surface area contributed by atoms with E-state index in [-0.39, 0.29) is 11.3 Å². The fraction of sp³-hybridized carbons (Fsp3) is 0.533. The molecule has 0 aromatic heterocycles. The molecule has 2 unspecified atom stereocenters. The van der Waals surface area contributed by atoms with Crippen molar-refractivity contribution in [2.45, 2.75) is 38.8 Å². The van der Waals surface area contributed by atoms with E-state index >= 15 is 0 Å². The van der Waals surface area contributed by atoms with Crippen LogP contribution in [-0.4, -0.2) is 37.4 Å². The predicted molar refractivity (Wildman–Crippen MR) is 76.6 cm³/mol. The molecule has 1 N–H and O–H groups in total. The molecule has 0 saturated carbocycles. The number of carbonyl (C=O) groups is 1. The first-order valence-electron chi connectivity index (χ1n) is 6.77. The predicted octanol–water partition coefficient (Wildman–Crippen LogP) is 2.56. The zero-order valence-electron chi connectivity index (χ0n) is 12.3. The van der Waals surface area contributed by atoms with Crippen LogP contribution in [0.25, 0.3) is 0 Å². The Kier molecular flexibility index (Phi) is 4.06. The van der Waals surface area contributed by atoms with E-state index in [1.54, 1.807) is 12.1 Å². The Morgan fingerprint density at radius 1 is 1.25 bits per heavy atom. The molecule has 1 aromatic rings. The summed E-state index contributed by atoms with van der Waals surface area (Å²) in [5, 5.41) is 10.1. The number of rotatable bonds is 3. The molecule has 0 bridgehead atoms. The van der Waals surface area contributed by atoms with E-state index in [1.807, 2.05) is 0 Å². The van der Waals surface area contributed by atoms with Crippen LogP contribution in [0.15, 0.2) is 12.1 Å². The largest absolute Gasteiger partial charge is 0.507 e. The zero-order valence-corrected chi connectivity index (χ0v) is 12.3. The topological polar surface area (TPSA) is 59.0 Å². The van der Waals surface area contributed by atoms with Crippen molar-refractivity contribution in [3.63, 3.8) is 0 Å². The van der Waals surface area contributed by atoms with Gasteiger partial charge in [-0.3, -0.25) is 0 Å². The quantitative estimate of drug-likeness (QED) is 0.862. The molecule has 0 aliphatic carbocycles. The SMILES string of the molecule is COC(=O)c1c(O)cc(N2C(C)CCC2C)cc1OC. The van der Waals surface area contributed by atoms with Gasteiger partial charge in [0.2, 0.25) is 0 Å². The molecule has 1 aliphatic heterocycles. The van der Waals surface area contributed by atoms with Gasteiger partial charge < -0.3 is 19.5 Å². The van der Waals surface area contributed by atoms with Crippen molar-refractivity contribution in [1.29, 1.82) is 0 Å². The molecule has 5 nitrogen and oxygen atoms in total. The number of carbonyl (C=O) groups excluding carboxylic acids is 1. The Morgan fingerprint density at radius 3 is 2.35 bits per heavy atom. The highest BCUT2D eigenvalue weighted by atomic mass is 16.5. The highest BCUT2D eigenvalue weighted by Crippen LogP contribution is 2.38. The lowest BCUT2D eigenvalue weighted by atomic mass is 10.1. The van der Waals surface area contributed by atoms with Crippen LogP contribution < -0.4 is 9.64 Å². The molecule has 1 aliphatic rings. The molecular weight excluding hydrogens is 258 g/mol. The lowest BCUT2D eigenvalue weighted by Crippen LogP contribution is -2.32. The van der Waals surface area contributed by atoms with Gasteiger partial charge in [-0.15, -0.1) is 0 Å². The minimum Gasteiger partial charge on any atom is -0.507 e. The number of hydrogen-bond acceptors (Lipinski definition) is 5. The fourth-order valence-electron chi connectivity index (χ4n) is 2.91. The van der Waals surface area contributed by atoms with Crippen molar-refractivity contribution in [2.24, 2.45) is 0 Å². The summed E-state index contributed by atoms with van der Waals surface area (Å²) < 4.78 is 9.91. The molecule has 1 saturated heterocycles.